The summed E-state index contributed by atoms with van der Waals surface area (Å²) in [5.74, 6) is -0.116. The van der Waals surface area contributed by atoms with Gasteiger partial charge in [-0.2, -0.15) is 0 Å². The van der Waals surface area contributed by atoms with Crippen molar-refractivity contribution in [3.8, 4) is 0 Å². The molecule has 0 saturated heterocycles. The summed E-state index contributed by atoms with van der Waals surface area (Å²) in [6.07, 6.45) is 7.18. The maximum atomic E-state index is 12.4. The minimum Gasteiger partial charge on any atom is -0.480 e. The summed E-state index contributed by atoms with van der Waals surface area (Å²) in [5, 5.41) is 16.3. The second-order valence-corrected chi connectivity index (χ2v) is 8.47. The van der Waals surface area contributed by atoms with Gasteiger partial charge in [-0.1, -0.05) is 13.0 Å². The van der Waals surface area contributed by atoms with Crippen molar-refractivity contribution in [2.75, 3.05) is 18.4 Å². The Labute approximate surface area is 171 Å². The number of benzene rings is 1. The SMILES string of the molecule is CCCn1ccc2ccc(NC(=O)NC3CC(N(CC(=O)O)CC4CC4)C3)cc21. The van der Waals surface area contributed by atoms with Gasteiger partial charge in [-0.3, -0.25) is 9.69 Å². The minimum atomic E-state index is -0.775. The lowest BCUT2D eigenvalue weighted by Gasteiger charge is -2.42. The number of carbonyl (C=O) groups excluding carboxylic acids is 1. The first-order chi connectivity index (χ1) is 14.0. The molecule has 0 bridgehead atoms. The molecule has 4 rings (SSSR count). The predicted octanol–water partition coefficient (Wildman–Crippen LogP) is 3.50. The molecule has 0 radical (unpaired) electrons. The van der Waals surface area contributed by atoms with Gasteiger partial charge in [0.1, 0.15) is 0 Å². The van der Waals surface area contributed by atoms with Crippen LogP contribution in [-0.2, 0) is 11.3 Å². The highest BCUT2D eigenvalue weighted by Crippen LogP contribution is 2.33. The topological polar surface area (TPSA) is 86.6 Å². The van der Waals surface area contributed by atoms with Crippen LogP contribution in [0.25, 0.3) is 10.9 Å². The average Bonchev–Trinajstić information content (AvgIpc) is 3.37. The molecule has 2 saturated carbocycles. The van der Waals surface area contributed by atoms with Crippen molar-refractivity contribution in [1.29, 1.82) is 0 Å². The van der Waals surface area contributed by atoms with Gasteiger partial charge in [0.05, 0.1) is 12.1 Å². The lowest BCUT2D eigenvalue weighted by molar-refractivity contribution is -0.139. The third kappa shape index (κ3) is 4.90. The maximum Gasteiger partial charge on any atom is 0.319 e. The number of aryl methyl sites for hydroxylation is 1. The van der Waals surface area contributed by atoms with Gasteiger partial charge >= 0.3 is 12.0 Å². The highest BCUT2D eigenvalue weighted by Gasteiger charge is 2.37. The van der Waals surface area contributed by atoms with E-state index in [-0.39, 0.29) is 24.7 Å². The fourth-order valence-electron chi connectivity index (χ4n) is 4.20. The Morgan fingerprint density at radius 2 is 2.03 bits per heavy atom. The molecular formula is C22H30N4O3. The molecule has 7 nitrogen and oxygen atoms in total. The number of carboxylic acid groups (broad SMARTS) is 1. The Kier molecular flexibility index (Phi) is 5.76. The van der Waals surface area contributed by atoms with Crippen molar-refractivity contribution in [3.05, 3.63) is 30.5 Å². The molecule has 156 valence electrons. The van der Waals surface area contributed by atoms with E-state index in [0.717, 1.165) is 43.6 Å². The van der Waals surface area contributed by atoms with Crippen molar-refractivity contribution in [3.63, 3.8) is 0 Å². The first-order valence-electron chi connectivity index (χ1n) is 10.6. The van der Waals surface area contributed by atoms with Crippen molar-refractivity contribution >= 4 is 28.6 Å². The maximum absolute atomic E-state index is 12.4. The number of hydrogen-bond acceptors (Lipinski definition) is 3. The molecule has 3 N–H and O–H groups in total. The van der Waals surface area contributed by atoms with Crippen molar-refractivity contribution in [1.82, 2.24) is 14.8 Å². The summed E-state index contributed by atoms with van der Waals surface area (Å²) in [6.45, 7) is 4.07. The highest BCUT2D eigenvalue weighted by atomic mass is 16.4. The Hall–Kier alpha value is -2.54. The Balaban J connectivity index is 1.28. The number of amides is 2. The largest absolute Gasteiger partial charge is 0.480 e. The summed E-state index contributed by atoms with van der Waals surface area (Å²) in [6, 6.07) is 8.21. The van der Waals surface area contributed by atoms with E-state index < -0.39 is 5.97 Å². The number of nitrogens with one attached hydrogen (secondary N) is 2. The molecule has 1 aromatic heterocycles. The van der Waals surface area contributed by atoms with Crippen LogP contribution in [0.4, 0.5) is 10.5 Å². The average molecular weight is 399 g/mol. The molecule has 29 heavy (non-hydrogen) atoms. The molecule has 2 amide bonds. The zero-order valence-electron chi connectivity index (χ0n) is 16.9. The van der Waals surface area contributed by atoms with Crippen molar-refractivity contribution in [2.24, 2.45) is 5.92 Å². The third-order valence-corrected chi connectivity index (χ3v) is 5.99. The number of nitrogens with zero attached hydrogens (tertiary/aromatic N) is 2. The van der Waals surface area contributed by atoms with Gasteiger partial charge < -0.3 is 20.3 Å². The molecule has 0 unspecified atom stereocenters. The minimum absolute atomic E-state index is 0.0947. The van der Waals surface area contributed by atoms with Gasteiger partial charge in [0.2, 0.25) is 0 Å². The zero-order valence-corrected chi connectivity index (χ0v) is 16.9. The number of carbonyl (C=O) groups is 2. The van der Waals surface area contributed by atoms with Crippen LogP contribution in [0.15, 0.2) is 30.5 Å². The monoisotopic (exact) mass is 398 g/mol. The van der Waals surface area contributed by atoms with Gasteiger partial charge in [0, 0.05) is 37.1 Å². The molecule has 7 heteroatoms. The summed E-state index contributed by atoms with van der Waals surface area (Å²) < 4.78 is 2.20. The fourth-order valence-corrected chi connectivity index (χ4v) is 4.20. The second kappa shape index (κ2) is 8.45. The van der Waals surface area contributed by atoms with E-state index in [1.54, 1.807) is 0 Å². The van der Waals surface area contributed by atoms with Crippen LogP contribution >= 0.6 is 0 Å². The number of carboxylic acids is 1. The number of urea groups is 1. The van der Waals surface area contributed by atoms with Crippen LogP contribution in [0.3, 0.4) is 0 Å². The molecule has 2 aliphatic carbocycles. The summed E-state index contributed by atoms with van der Waals surface area (Å²) in [4.78, 5) is 25.6. The summed E-state index contributed by atoms with van der Waals surface area (Å²) in [7, 11) is 0. The lowest BCUT2D eigenvalue weighted by atomic mass is 9.85. The van der Waals surface area contributed by atoms with Crippen LogP contribution in [0, 0.1) is 5.92 Å². The molecule has 2 aromatic rings. The van der Waals surface area contributed by atoms with Crippen LogP contribution in [-0.4, -0.2) is 51.7 Å². The first kappa shape index (κ1) is 19.8. The van der Waals surface area contributed by atoms with Gasteiger partial charge in [0.25, 0.3) is 0 Å². The molecule has 0 spiro atoms. The number of anilines is 1. The second-order valence-electron chi connectivity index (χ2n) is 8.47. The van der Waals surface area contributed by atoms with E-state index in [0.29, 0.717) is 5.92 Å². The van der Waals surface area contributed by atoms with Crippen LogP contribution in [0.1, 0.15) is 39.0 Å². The smallest absolute Gasteiger partial charge is 0.319 e. The first-order valence-corrected chi connectivity index (χ1v) is 10.6. The van der Waals surface area contributed by atoms with Gasteiger partial charge in [-0.05, 0) is 61.6 Å². The van der Waals surface area contributed by atoms with E-state index in [9.17, 15) is 9.59 Å². The van der Waals surface area contributed by atoms with E-state index in [1.807, 2.05) is 18.2 Å². The Morgan fingerprint density at radius 1 is 1.24 bits per heavy atom. The molecule has 0 aliphatic heterocycles. The summed E-state index contributed by atoms with van der Waals surface area (Å²) >= 11 is 0. The van der Waals surface area contributed by atoms with Gasteiger partial charge in [-0.15, -0.1) is 0 Å². The number of aliphatic carboxylic acids is 1. The van der Waals surface area contributed by atoms with Crippen LogP contribution < -0.4 is 10.6 Å². The molecule has 2 fully saturated rings. The van der Waals surface area contributed by atoms with E-state index >= 15 is 0 Å². The third-order valence-electron chi connectivity index (χ3n) is 5.99. The van der Waals surface area contributed by atoms with Crippen molar-refractivity contribution < 1.29 is 14.7 Å². The Bertz CT molecular complexity index is 883. The fraction of sp³-hybridized carbons (Fsp3) is 0.545. The number of rotatable bonds is 9. The van der Waals surface area contributed by atoms with Crippen molar-refractivity contribution in [2.45, 2.75) is 57.7 Å². The molecule has 1 aromatic carbocycles. The lowest BCUT2D eigenvalue weighted by Crippen LogP contribution is -2.55. The quantitative estimate of drug-likeness (QED) is 0.603. The molecule has 0 atom stereocenters. The molecule has 2 aliphatic rings. The normalized spacial score (nSPS) is 21.2. The zero-order chi connectivity index (χ0) is 20.4. The van der Waals surface area contributed by atoms with E-state index in [4.69, 9.17) is 5.11 Å². The molecule has 1 heterocycles. The van der Waals surface area contributed by atoms with Crippen LogP contribution in [0.5, 0.6) is 0 Å². The summed E-state index contributed by atoms with van der Waals surface area (Å²) in [5.41, 5.74) is 1.90. The van der Waals surface area contributed by atoms with E-state index in [1.165, 1.54) is 18.2 Å². The van der Waals surface area contributed by atoms with Gasteiger partial charge in [-0.25, -0.2) is 4.79 Å². The number of hydrogen-bond donors (Lipinski definition) is 3. The highest BCUT2D eigenvalue weighted by molar-refractivity contribution is 5.93. The van der Waals surface area contributed by atoms with Crippen LogP contribution in [0.2, 0.25) is 0 Å². The predicted molar refractivity (Wildman–Crippen MR) is 113 cm³/mol. The Morgan fingerprint density at radius 3 is 2.72 bits per heavy atom. The number of aromatic nitrogens is 1. The number of fused-ring (bicyclic) bond motifs is 1. The van der Waals surface area contributed by atoms with Gasteiger partial charge in [0.15, 0.2) is 0 Å². The standard InChI is InChI=1S/C22H30N4O3/c1-2-8-25-9-7-16-5-6-17(12-20(16)25)23-22(29)24-18-10-19(11-18)26(14-21(27)28)13-15-3-4-15/h5-7,9,12,15,18-19H,2-4,8,10-11,13-14H2,1H3,(H,27,28)(H2,23,24,29). The molecular weight excluding hydrogens is 368 g/mol. The van der Waals surface area contributed by atoms with E-state index in [2.05, 4.69) is 39.3 Å².